The molecule has 0 spiro atoms. The van der Waals surface area contributed by atoms with Crippen LogP contribution in [0.2, 0.25) is 0 Å². The van der Waals surface area contributed by atoms with Crippen LogP contribution < -0.4 is 10.2 Å². The van der Waals surface area contributed by atoms with Gasteiger partial charge in [0, 0.05) is 0 Å². The minimum absolute atomic E-state index is 0.593. The quantitative estimate of drug-likeness (QED) is 0.629. The smallest absolute Gasteiger partial charge is 0.427 e. The Morgan fingerprint density at radius 3 is 2.71 bits per heavy atom. The predicted molar refractivity (Wildman–Crippen MR) is 65.4 cm³/mol. The van der Waals surface area contributed by atoms with Crippen molar-refractivity contribution in [1.29, 1.82) is 0 Å². The summed E-state index contributed by atoms with van der Waals surface area (Å²) in [6.07, 6.45) is 1.91. The van der Waals surface area contributed by atoms with E-state index in [1.165, 1.54) is 13.3 Å². The van der Waals surface area contributed by atoms with E-state index in [2.05, 4.69) is 22.2 Å². The molecule has 1 aromatic carbocycles. The van der Waals surface area contributed by atoms with Gasteiger partial charge in [-0.2, -0.15) is 5.10 Å². The van der Waals surface area contributed by atoms with Gasteiger partial charge in [0.25, 0.3) is 0 Å². The third kappa shape index (κ3) is 5.01. The maximum Gasteiger partial charge on any atom is 0.427 e. The normalized spacial score (nSPS) is 10.2. The molecular formula is C12H16N2O3. The van der Waals surface area contributed by atoms with Gasteiger partial charge in [0.2, 0.25) is 0 Å². The number of hydrazone groups is 1. The van der Waals surface area contributed by atoms with Crippen LogP contribution in [0, 0.1) is 0 Å². The van der Waals surface area contributed by atoms with Gasteiger partial charge in [0.15, 0.2) is 0 Å². The zero-order chi connectivity index (χ0) is 12.5. The second-order valence-electron chi connectivity index (χ2n) is 3.28. The van der Waals surface area contributed by atoms with Crippen molar-refractivity contribution in [2.24, 2.45) is 5.10 Å². The standard InChI is InChI=1S/C12H16N2O3/c1-3-8-17-11-6-4-10(5-7-11)9-13-14-12(15)16-2/h4-7,9H,3,8H2,1-2H3,(H,14,15)/b13-9-. The van der Waals surface area contributed by atoms with Crippen LogP contribution in [0.5, 0.6) is 5.75 Å². The van der Waals surface area contributed by atoms with Crippen molar-refractivity contribution < 1.29 is 14.3 Å². The molecule has 0 aliphatic rings. The number of carbonyl (C=O) groups excluding carboxylic acids is 1. The molecule has 1 amide bonds. The number of hydrogen-bond donors (Lipinski definition) is 1. The highest BCUT2D eigenvalue weighted by Crippen LogP contribution is 2.11. The van der Waals surface area contributed by atoms with Crippen LogP contribution in [0.4, 0.5) is 4.79 Å². The first kappa shape index (κ1) is 13.0. The van der Waals surface area contributed by atoms with Crippen LogP contribution in [-0.4, -0.2) is 26.0 Å². The molecule has 0 aliphatic carbocycles. The van der Waals surface area contributed by atoms with Crippen molar-refractivity contribution in [1.82, 2.24) is 5.43 Å². The lowest BCUT2D eigenvalue weighted by atomic mass is 10.2. The number of nitrogens with one attached hydrogen (secondary N) is 1. The summed E-state index contributed by atoms with van der Waals surface area (Å²) in [7, 11) is 1.28. The highest BCUT2D eigenvalue weighted by molar-refractivity contribution is 5.80. The molecule has 0 radical (unpaired) electrons. The Kier molecular flexibility index (Phi) is 5.57. The number of rotatable bonds is 5. The van der Waals surface area contributed by atoms with Crippen molar-refractivity contribution in [2.75, 3.05) is 13.7 Å². The van der Waals surface area contributed by atoms with Gasteiger partial charge in [-0.1, -0.05) is 6.92 Å². The Hall–Kier alpha value is -2.04. The highest BCUT2D eigenvalue weighted by atomic mass is 16.5. The van der Waals surface area contributed by atoms with Gasteiger partial charge in [-0.15, -0.1) is 0 Å². The molecule has 0 aromatic heterocycles. The number of benzene rings is 1. The molecule has 0 heterocycles. The number of nitrogens with zero attached hydrogens (tertiary/aromatic N) is 1. The summed E-state index contributed by atoms with van der Waals surface area (Å²) in [4.78, 5) is 10.7. The van der Waals surface area contributed by atoms with Gasteiger partial charge < -0.3 is 9.47 Å². The lowest BCUT2D eigenvalue weighted by Gasteiger charge is -2.03. The Morgan fingerprint density at radius 1 is 1.41 bits per heavy atom. The van der Waals surface area contributed by atoms with Gasteiger partial charge in [0.05, 0.1) is 19.9 Å². The monoisotopic (exact) mass is 236 g/mol. The van der Waals surface area contributed by atoms with Crippen molar-refractivity contribution in [2.45, 2.75) is 13.3 Å². The maximum absolute atomic E-state index is 10.7. The number of methoxy groups -OCH3 is 1. The summed E-state index contributed by atoms with van der Waals surface area (Å²) in [6, 6.07) is 7.42. The topological polar surface area (TPSA) is 59.9 Å². The van der Waals surface area contributed by atoms with E-state index in [1.807, 2.05) is 24.3 Å². The number of carbonyl (C=O) groups is 1. The zero-order valence-corrected chi connectivity index (χ0v) is 9.97. The molecular weight excluding hydrogens is 220 g/mol. The molecule has 0 unspecified atom stereocenters. The number of hydrogen-bond acceptors (Lipinski definition) is 4. The molecule has 1 aromatic rings. The van der Waals surface area contributed by atoms with E-state index < -0.39 is 6.09 Å². The molecule has 5 heteroatoms. The molecule has 17 heavy (non-hydrogen) atoms. The lowest BCUT2D eigenvalue weighted by Crippen LogP contribution is -2.16. The van der Waals surface area contributed by atoms with E-state index in [0.29, 0.717) is 6.61 Å². The number of amides is 1. The predicted octanol–water partition coefficient (Wildman–Crippen LogP) is 2.17. The molecule has 1 rings (SSSR count). The Morgan fingerprint density at radius 2 is 2.12 bits per heavy atom. The first-order valence-electron chi connectivity index (χ1n) is 5.36. The maximum atomic E-state index is 10.7. The molecule has 5 nitrogen and oxygen atoms in total. The van der Waals surface area contributed by atoms with Crippen LogP contribution >= 0.6 is 0 Å². The summed E-state index contributed by atoms with van der Waals surface area (Å²) >= 11 is 0. The van der Waals surface area contributed by atoms with E-state index >= 15 is 0 Å². The molecule has 0 fully saturated rings. The summed E-state index contributed by atoms with van der Waals surface area (Å²) in [5.74, 6) is 0.824. The van der Waals surface area contributed by atoms with Gasteiger partial charge in [-0.05, 0) is 36.2 Å². The molecule has 92 valence electrons. The molecule has 0 saturated heterocycles. The third-order valence-electron chi connectivity index (χ3n) is 1.91. The fraction of sp³-hybridized carbons (Fsp3) is 0.333. The van der Waals surface area contributed by atoms with E-state index in [-0.39, 0.29) is 0 Å². The lowest BCUT2D eigenvalue weighted by molar-refractivity contribution is 0.171. The third-order valence-corrected chi connectivity index (χ3v) is 1.91. The van der Waals surface area contributed by atoms with Crippen molar-refractivity contribution >= 4 is 12.3 Å². The Labute approximate surface area is 100 Å². The van der Waals surface area contributed by atoms with Gasteiger partial charge in [0.1, 0.15) is 5.75 Å². The van der Waals surface area contributed by atoms with Crippen molar-refractivity contribution in [3.63, 3.8) is 0 Å². The van der Waals surface area contributed by atoms with Gasteiger partial charge >= 0.3 is 6.09 Å². The molecule has 0 saturated carbocycles. The SMILES string of the molecule is CCCOc1ccc(/C=N\NC(=O)OC)cc1. The van der Waals surface area contributed by atoms with Crippen LogP contribution in [0.15, 0.2) is 29.4 Å². The van der Waals surface area contributed by atoms with Crippen LogP contribution in [0.3, 0.4) is 0 Å². The first-order valence-corrected chi connectivity index (χ1v) is 5.36. The van der Waals surface area contributed by atoms with Crippen molar-refractivity contribution in [3.8, 4) is 5.75 Å². The van der Waals surface area contributed by atoms with Crippen molar-refractivity contribution in [3.05, 3.63) is 29.8 Å². The van der Waals surface area contributed by atoms with Crippen LogP contribution in [-0.2, 0) is 4.74 Å². The Balaban J connectivity index is 2.47. The first-order chi connectivity index (χ1) is 8.26. The second-order valence-corrected chi connectivity index (χ2v) is 3.28. The second kappa shape index (κ2) is 7.27. The summed E-state index contributed by atoms with van der Waals surface area (Å²) < 4.78 is 9.80. The average Bonchev–Trinajstić information content (AvgIpc) is 2.37. The zero-order valence-electron chi connectivity index (χ0n) is 9.97. The summed E-state index contributed by atoms with van der Waals surface area (Å²) in [5.41, 5.74) is 3.07. The number of ether oxygens (including phenoxy) is 2. The minimum atomic E-state index is -0.593. The molecule has 0 bridgehead atoms. The molecule has 0 atom stereocenters. The van der Waals surface area contributed by atoms with E-state index in [4.69, 9.17) is 4.74 Å². The highest BCUT2D eigenvalue weighted by Gasteiger charge is 1.94. The summed E-state index contributed by atoms with van der Waals surface area (Å²) in [6.45, 7) is 2.76. The fourth-order valence-corrected chi connectivity index (χ4v) is 1.08. The minimum Gasteiger partial charge on any atom is -0.494 e. The van der Waals surface area contributed by atoms with Gasteiger partial charge in [-0.25, -0.2) is 10.2 Å². The molecule has 0 aliphatic heterocycles. The van der Waals surface area contributed by atoms with E-state index in [1.54, 1.807) is 0 Å². The van der Waals surface area contributed by atoms with Gasteiger partial charge in [-0.3, -0.25) is 0 Å². The van der Waals surface area contributed by atoms with Crippen LogP contribution in [0.25, 0.3) is 0 Å². The Bertz CT molecular complexity index is 374. The largest absolute Gasteiger partial charge is 0.494 e. The summed E-state index contributed by atoms with van der Waals surface area (Å²) in [5, 5.41) is 3.71. The fourth-order valence-electron chi connectivity index (χ4n) is 1.08. The van der Waals surface area contributed by atoms with E-state index in [9.17, 15) is 4.79 Å². The van der Waals surface area contributed by atoms with Crippen LogP contribution in [0.1, 0.15) is 18.9 Å². The average molecular weight is 236 g/mol. The van der Waals surface area contributed by atoms with E-state index in [0.717, 1.165) is 17.7 Å². The molecule has 1 N–H and O–H groups in total.